The summed E-state index contributed by atoms with van der Waals surface area (Å²) in [5.41, 5.74) is 5.64. The van der Waals surface area contributed by atoms with Crippen LogP contribution in [0.5, 0.6) is 0 Å². The van der Waals surface area contributed by atoms with Crippen LogP contribution in [0, 0.1) is 11.8 Å². The second kappa shape index (κ2) is 5.13. The maximum absolute atomic E-state index is 12.3. The van der Waals surface area contributed by atoms with Gasteiger partial charge in [0, 0.05) is 19.3 Å². The molecular formula is C12H22N4O2S. The number of aromatic nitrogens is 2. The molecule has 3 N–H and O–H groups in total. The summed E-state index contributed by atoms with van der Waals surface area (Å²) in [5, 5.41) is 3.88. The van der Waals surface area contributed by atoms with Gasteiger partial charge >= 0.3 is 0 Å². The maximum Gasteiger partial charge on any atom is 0.246 e. The Kier molecular flexibility index (Phi) is 3.87. The molecule has 0 aromatic carbocycles. The van der Waals surface area contributed by atoms with E-state index in [0.29, 0.717) is 11.8 Å². The Morgan fingerprint density at radius 3 is 2.68 bits per heavy atom. The van der Waals surface area contributed by atoms with Gasteiger partial charge in [-0.2, -0.15) is 5.10 Å². The fourth-order valence-electron chi connectivity index (χ4n) is 2.94. The average Bonchev–Trinajstić information content (AvgIpc) is 2.83. The number of sulfonamides is 1. The van der Waals surface area contributed by atoms with Gasteiger partial charge in [-0.15, -0.1) is 0 Å². The van der Waals surface area contributed by atoms with E-state index in [1.54, 1.807) is 7.05 Å². The van der Waals surface area contributed by atoms with Crippen LogP contribution in [0.3, 0.4) is 0 Å². The van der Waals surface area contributed by atoms with Crippen molar-refractivity contribution in [3.05, 3.63) is 6.20 Å². The van der Waals surface area contributed by atoms with E-state index >= 15 is 0 Å². The number of anilines is 1. The van der Waals surface area contributed by atoms with Gasteiger partial charge < -0.3 is 5.73 Å². The quantitative estimate of drug-likeness (QED) is 0.867. The molecule has 108 valence electrons. The molecule has 3 atom stereocenters. The summed E-state index contributed by atoms with van der Waals surface area (Å²) in [5.74, 6) is 1.00. The number of hydrogen-bond donors (Lipinski definition) is 2. The first-order valence-corrected chi connectivity index (χ1v) is 8.15. The molecule has 1 aromatic heterocycles. The molecule has 1 aliphatic carbocycles. The Bertz CT molecular complexity index is 552. The minimum atomic E-state index is -3.58. The number of nitrogens with one attached hydrogen (secondary N) is 1. The fourth-order valence-corrected chi connectivity index (χ4v) is 4.41. The van der Waals surface area contributed by atoms with Crippen molar-refractivity contribution in [2.75, 3.05) is 5.73 Å². The van der Waals surface area contributed by atoms with Gasteiger partial charge in [-0.3, -0.25) is 4.68 Å². The van der Waals surface area contributed by atoms with Crippen molar-refractivity contribution >= 4 is 15.8 Å². The van der Waals surface area contributed by atoms with Crippen molar-refractivity contribution in [3.63, 3.8) is 0 Å². The predicted molar refractivity (Wildman–Crippen MR) is 73.9 cm³/mol. The zero-order valence-corrected chi connectivity index (χ0v) is 12.4. The van der Waals surface area contributed by atoms with Crippen molar-refractivity contribution in [1.82, 2.24) is 14.5 Å². The van der Waals surface area contributed by atoms with Crippen molar-refractivity contribution in [3.8, 4) is 0 Å². The minimum absolute atomic E-state index is 0.00504. The third-order valence-electron chi connectivity index (χ3n) is 4.17. The molecule has 0 bridgehead atoms. The molecule has 0 aliphatic heterocycles. The molecule has 6 nitrogen and oxygen atoms in total. The smallest absolute Gasteiger partial charge is 0.246 e. The second-order valence-electron chi connectivity index (χ2n) is 5.38. The molecule has 7 heteroatoms. The highest BCUT2D eigenvalue weighted by Gasteiger charge is 2.35. The summed E-state index contributed by atoms with van der Waals surface area (Å²) in [6, 6.07) is -0.00504. The lowest BCUT2D eigenvalue weighted by Crippen LogP contribution is -2.37. The first kappa shape index (κ1) is 14.3. The lowest BCUT2D eigenvalue weighted by Gasteiger charge is -2.20. The van der Waals surface area contributed by atoms with Crippen molar-refractivity contribution in [1.29, 1.82) is 0 Å². The molecule has 0 amide bonds. The molecule has 0 spiro atoms. The highest BCUT2D eigenvalue weighted by atomic mass is 32.2. The van der Waals surface area contributed by atoms with Gasteiger partial charge in [0.2, 0.25) is 10.0 Å². The van der Waals surface area contributed by atoms with Gasteiger partial charge in [0.05, 0.1) is 0 Å². The first-order chi connectivity index (χ1) is 8.85. The summed E-state index contributed by atoms with van der Waals surface area (Å²) in [7, 11) is -1.92. The van der Waals surface area contributed by atoms with Crippen LogP contribution < -0.4 is 10.5 Å². The number of hydrogen-bond acceptors (Lipinski definition) is 4. The molecule has 1 saturated carbocycles. The molecule has 1 fully saturated rings. The minimum Gasteiger partial charge on any atom is -0.381 e. The Morgan fingerprint density at radius 2 is 2.21 bits per heavy atom. The fraction of sp³-hybridized carbons (Fsp3) is 0.750. The Morgan fingerprint density at radius 1 is 1.53 bits per heavy atom. The van der Waals surface area contributed by atoms with Crippen LogP contribution in [0.1, 0.15) is 33.1 Å². The van der Waals surface area contributed by atoms with Crippen LogP contribution in [-0.2, 0) is 17.1 Å². The molecule has 2 rings (SSSR count). The van der Waals surface area contributed by atoms with E-state index in [1.165, 1.54) is 10.9 Å². The first-order valence-electron chi connectivity index (χ1n) is 6.66. The Balaban J connectivity index is 2.17. The number of rotatable bonds is 4. The van der Waals surface area contributed by atoms with Crippen LogP contribution >= 0.6 is 0 Å². The van der Waals surface area contributed by atoms with Crippen molar-refractivity contribution in [2.24, 2.45) is 18.9 Å². The van der Waals surface area contributed by atoms with Crippen molar-refractivity contribution in [2.45, 2.75) is 44.0 Å². The molecule has 3 unspecified atom stereocenters. The molecule has 1 aromatic rings. The highest BCUT2D eigenvalue weighted by molar-refractivity contribution is 7.89. The van der Waals surface area contributed by atoms with Gasteiger partial charge in [0.1, 0.15) is 4.90 Å². The van der Waals surface area contributed by atoms with Crippen LogP contribution in [0.25, 0.3) is 0 Å². The van der Waals surface area contributed by atoms with E-state index in [4.69, 9.17) is 5.73 Å². The molecule has 0 saturated heterocycles. The lowest BCUT2D eigenvalue weighted by molar-refractivity contribution is 0.368. The normalized spacial score (nSPS) is 27.8. The van der Waals surface area contributed by atoms with E-state index in [2.05, 4.69) is 23.7 Å². The molecule has 19 heavy (non-hydrogen) atoms. The highest BCUT2D eigenvalue weighted by Crippen LogP contribution is 2.34. The zero-order chi connectivity index (χ0) is 14.2. The summed E-state index contributed by atoms with van der Waals surface area (Å²) < 4.78 is 28.8. The second-order valence-corrected chi connectivity index (χ2v) is 7.07. The Hall–Kier alpha value is -1.08. The monoisotopic (exact) mass is 286 g/mol. The number of nitrogens with two attached hydrogens (primary N) is 1. The molecular weight excluding hydrogens is 264 g/mol. The van der Waals surface area contributed by atoms with Crippen LogP contribution in [0.2, 0.25) is 0 Å². The molecule has 1 aliphatic rings. The largest absolute Gasteiger partial charge is 0.381 e. The van der Waals surface area contributed by atoms with Crippen LogP contribution in [-0.4, -0.2) is 24.2 Å². The third kappa shape index (κ3) is 2.76. The topological polar surface area (TPSA) is 90.0 Å². The van der Waals surface area contributed by atoms with E-state index < -0.39 is 10.0 Å². The van der Waals surface area contributed by atoms with Crippen molar-refractivity contribution < 1.29 is 8.42 Å². The molecule has 0 radical (unpaired) electrons. The van der Waals surface area contributed by atoms with E-state index in [0.717, 1.165) is 19.3 Å². The standard InChI is InChI=1S/C12H22N4O2S/c1-4-9-5-6-10(8(9)2)15-19(17,18)11-7-16(3)14-12(11)13/h7-10,15H,4-6H2,1-3H3,(H2,13,14). The van der Waals surface area contributed by atoms with E-state index in [-0.39, 0.29) is 16.8 Å². The Labute approximate surface area is 114 Å². The number of aryl methyl sites for hydroxylation is 1. The number of nitrogen functional groups attached to an aromatic ring is 1. The van der Waals surface area contributed by atoms with E-state index in [1.807, 2.05) is 0 Å². The summed E-state index contributed by atoms with van der Waals surface area (Å²) in [6.45, 7) is 4.26. The van der Waals surface area contributed by atoms with Crippen LogP contribution in [0.15, 0.2) is 11.1 Å². The molecule has 1 heterocycles. The summed E-state index contributed by atoms with van der Waals surface area (Å²) in [4.78, 5) is 0.0714. The zero-order valence-electron chi connectivity index (χ0n) is 11.6. The summed E-state index contributed by atoms with van der Waals surface area (Å²) in [6.07, 6.45) is 4.50. The number of nitrogens with zero attached hydrogens (tertiary/aromatic N) is 2. The SMILES string of the molecule is CCC1CCC(NS(=O)(=O)c2cn(C)nc2N)C1C. The van der Waals surface area contributed by atoms with Crippen LogP contribution in [0.4, 0.5) is 5.82 Å². The lowest BCUT2D eigenvalue weighted by atomic mass is 9.94. The van der Waals surface area contributed by atoms with Gasteiger partial charge in [-0.1, -0.05) is 20.3 Å². The van der Waals surface area contributed by atoms with Gasteiger partial charge in [-0.25, -0.2) is 13.1 Å². The maximum atomic E-state index is 12.3. The van der Waals surface area contributed by atoms with E-state index in [9.17, 15) is 8.42 Å². The van der Waals surface area contributed by atoms with Gasteiger partial charge in [0.25, 0.3) is 0 Å². The predicted octanol–water partition coefficient (Wildman–Crippen LogP) is 1.11. The summed E-state index contributed by atoms with van der Waals surface area (Å²) >= 11 is 0. The third-order valence-corrected chi connectivity index (χ3v) is 5.68. The average molecular weight is 286 g/mol. The van der Waals surface area contributed by atoms with Gasteiger partial charge in [-0.05, 0) is 24.7 Å². The van der Waals surface area contributed by atoms with Gasteiger partial charge in [0.15, 0.2) is 5.82 Å².